The summed E-state index contributed by atoms with van der Waals surface area (Å²) >= 11 is 0. The molecule has 0 bridgehead atoms. The summed E-state index contributed by atoms with van der Waals surface area (Å²) in [7, 11) is 0. The van der Waals surface area contributed by atoms with Gasteiger partial charge in [0.15, 0.2) is 0 Å². The molecule has 1 aliphatic rings. The van der Waals surface area contributed by atoms with Crippen LogP contribution >= 0.6 is 0 Å². The molecule has 1 amide bonds. The van der Waals surface area contributed by atoms with Crippen LogP contribution < -0.4 is 5.32 Å². The van der Waals surface area contributed by atoms with Crippen LogP contribution in [0.15, 0.2) is 22.8 Å². The molecule has 1 saturated heterocycles. The van der Waals surface area contributed by atoms with Crippen molar-refractivity contribution >= 4 is 5.91 Å². The molecule has 20 heavy (non-hydrogen) atoms. The minimum Gasteiger partial charge on any atom is -0.467 e. The molecule has 2 atom stereocenters. The number of hydrogen-bond acceptors (Lipinski definition) is 3. The molecular formula is C13H17F3N2O2. The normalized spacial score (nSPS) is 23.0. The fraction of sp³-hybridized carbons (Fsp3) is 0.615. The van der Waals surface area contributed by atoms with Crippen LogP contribution in [-0.2, 0) is 11.3 Å². The van der Waals surface area contributed by atoms with Crippen molar-refractivity contribution in [3.8, 4) is 0 Å². The highest BCUT2D eigenvalue weighted by atomic mass is 19.4. The van der Waals surface area contributed by atoms with Gasteiger partial charge in [0.1, 0.15) is 12.3 Å². The third kappa shape index (κ3) is 3.75. The van der Waals surface area contributed by atoms with Gasteiger partial charge in [0.2, 0.25) is 5.91 Å². The number of alkyl halides is 3. The lowest BCUT2D eigenvalue weighted by Gasteiger charge is -2.27. The Morgan fingerprint density at radius 3 is 2.75 bits per heavy atom. The van der Waals surface area contributed by atoms with Crippen molar-refractivity contribution in [3.63, 3.8) is 0 Å². The van der Waals surface area contributed by atoms with Crippen LogP contribution in [-0.4, -0.2) is 36.6 Å². The van der Waals surface area contributed by atoms with Crippen molar-refractivity contribution < 1.29 is 22.4 Å². The van der Waals surface area contributed by atoms with Crippen LogP contribution in [0, 0.1) is 11.8 Å². The second kappa shape index (κ2) is 5.87. The highest BCUT2D eigenvalue weighted by Crippen LogP contribution is 2.24. The fourth-order valence-electron chi connectivity index (χ4n) is 2.39. The summed E-state index contributed by atoms with van der Waals surface area (Å²) in [6.45, 7) is 1.52. The summed E-state index contributed by atoms with van der Waals surface area (Å²) < 4.78 is 43.0. The predicted octanol–water partition coefficient (Wildman–Crippen LogP) is 2.03. The zero-order chi connectivity index (χ0) is 14.8. The van der Waals surface area contributed by atoms with Gasteiger partial charge in [-0.05, 0) is 24.6 Å². The highest BCUT2D eigenvalue weighted by molar-refractivity contribution is 5.79. The first-order chi connectivity index (χ1) is 9.37. The third-order valence-corrected chi connectivity index (χ3v) is 3.44. The molecule has 0 saturated carbocycles. The molecule has 1 aliphatic heterocycles. The summed E-state index contributed by atoms with van der Waals surface area (Å²) in [5.41, 5.74) is 0. The van der Waals surface area contributed by atoms with Crippen LogP contribution in [0.2, 0.25) is 0 Å². The number of halogens is 3. The molecule has 4 nitrogen and oxygen atoms in total. The molecular weight excluding hydrogens is 273 g/mol. The van der Waals surface area contributed by atoms with Crippen LogP contribution in [0.1, 0.15) is 12.7 Å². The molecule has 7 heteroatoms. The molecule has 0 radical (unpaired) electrons. The van der Waals surface area contributed by atoms with Gasteiger partial charge in [-0.2, -0.15) is 13.2 Å². The smallest absolute Gasteiger partial charge is 0.406 e. The van der Waals surface area contributed by atoms with Gasteiger partial charge in [0, 0.05) is 6.54 Å². The first-order valence-electron chi connectivity index (χ1n) is 6.45. The number of furan rings is 1. The first kappa shape index (κ1) is 14.9. The van der Waals surface area contributed by atoms with Crippen molar-refractivity contribution in [1.82, 2.24) is 10.2 Å². The van der Waals surface area contributed by atoms with Crippen molar-refractivity contribution in [3.05, 3.63) is 24.2 Å². The summed E-state index contributed by atoms with van der Waals surface area (Å²) in [5, 5.41) is 3.03. The Hall–Kier alpha value is -1.50. The Morgan fingerprint density at radius 2 is 2.25 bits per heavy atom. The van der Waals surface area contributed by atoms with Gasteiger partial charge in [-0.3, -0.25) is 4.79 Å². The van der Waals surface area contributed by atoms with E-state index in [-0.39, 0.29) is 12.5 Å². The Bertz CT molecular complexity index is 445. The number of hydrogen-bond donors (Lipinski definition) is 1. The van der Waals surface area contributed by atoms with Crippen LogP contribution in [0.5, 0.6) is 0 Å². The van der Waals surface area contributed by atoms with E-state index in [2.05, 4.69) is 5.32 Å². The van der Waals surface area contributed by atoms with E-state index in [1.54, 1.807) is 12.1 Å². The number of nitrogens with one attached hydrogen (secondary N) is 1. The van der Waals surface area contributed by atoms with E-state index >= 15 is 0 Å². The summed E-state index contributed by atoms with van der Waals surface area (Å²) in [6.07, 6.45) is -3.04. The van der Waals surface area contributed by atoms with E-state index in [0.717, 1.165) is 4.90 Å². The van der Waals surface area contributed by atoms with Gasteiger partial charge in [-0.25, -0.2) is 0 Å². The van der Waals surface area contributed by atoms with Gasteiger partial charge in [0.25, 0.3) is 0 Å². The number of nitrogens with zero attached hydrogens (tertiary/aromatic N) is 1. The summed E-state index contributed by atoms with van der Waals surface area (Å²) in [6, 6.07) is 3.15. The van der Waals surface area contributed by atoms with Gasteiger partial charge < -0.3 is 14.6 Å². The maximum atomic E-state index is 12.6. The Labute approximate surface area is 114 Å². The zero-order valence-electron chi connectivity index (χ0n) is 11.1. The largest absolute Gasteiger partial charge is 0.467 e. The van der Waals surface area contributed by atoms with Crippen molar-refractivity contribution in [2.24, 2.45) is 11.8 Å². The molecule has 2 unspecified atom stereocenters. The lowest BCUT2D eigenvalue weighted by Crippen LogP contribution is -2.43. The Morgan fingerprint density at radius 1 is 1.50 bits per heavy atom. The molecule has 112 valence electrons. The molecule has 1 N–H and O–H groups in total. The van der Waals surface area contributed by atoms with E-state index in [0.29, 0.717) is 18.8 Å². The summed E-state index contributed by atoms with van der Waals surface area (Å²) in [5.74, 6) is -0.500. The van der Waals surface area contributed by atoms with E-state index in [1.165, 1.54) is 6.26 Å². The number of amides is 1. The first-order valence-corrected chi connectivity index (χ1v) is 6.45. The van der Waals surface area contributed by atoms with Crippen LogP contribution in [0.3, 0.4) is 0 Å². The monoisotopic (exact) mass is 290 g/mol. The highest BCUT2D eigenvalue weighted by Gasteiger charge is 2.38. The lowest BCUT2D eigenvalue weighted by atomic mass is 9.96. The molecule has 1 aromatic rings. The van der Waals surface area contributed by atoms with E-state index in [9.17, 15) is 18.0 Å². The second-order valence-electron chi connectivity index (χ2n) is 5.13. The summed E-state index contributed by atoms with van der Waals surface area (Å²) in [4.78, 5) is 13.1. The number of carbonyl (C=O) groups is 1. The second-order valence-corrected chi connectivity index (χ2v) is 5.13. The average Bonchev–Trinajstić information content (AvgIpc) is 2.97. The lowest BCUT2D eigenvalue weighted by molar-refractivity contribution is -0.165. The molecule has 1 fully saturated rings. The maximum Gasteiger partial charge on any atom is 0.406 e. The van der Waals surface area contributed by atoms with Gasteiger partial charge in [0.05, 0.1) is 18.7 Å². The fourth-order valence-corrected chi connectivity index (χ4v) is 2.39. The van der Waals surface area contributed by atoms with E-state index in [4.69, 9.17) is 4.42 Å². The quantitative estimate of drug-likeness (QED) is 0.923. The predicted molar refractivity (Wildman–Crippen MR) is 65.7 cm³/mol. The van der Waals surface area contributed by atoms with Crippen LogP contribution in [0.25, 0.3) is 0 Å². The molecule has 2 rings (SSSR count). The van der Waals surface area contributed by atoms with E-state index in [1.807, 2.05) is 6.92 Å². The molecule has 1 aromatic heterocycles. The maximum absolute atomic E-state index is 12.6. The third-order valence-electron chi connectivity index (χ3n) is 3.44. The van der Waals surface area contributed by atoms with Gasteiger partial charge in [-0.1, -0.05) is 6.92 Å². The number of rotatable bonds is 4. The van der Waals surface area contributed by atoms with Gasteiger partial charge >= 0.3 is 6.18 Å². The standard InChI is InChI=1S/C13H17F3N2O2/c1-9-5-17-6-11(9)12(19)18(8-13(14,15)16)7-10-3-2-4-20-10/h2-4,9,11,17H,5-8H2,1H3. The minimum absolute atomic E-state index is 0.0369. The van der Waals surface area contributed by atoms with E-state index < -0.39 is 24.5 Å². The zero-order valence-corrected chi connectivity index (χ0v) is 11.1. The molecule has 0 aromatic carbocycles. The Kier molecular flexibility index (Phi) is 4.37. The average molecular weight is 290 g/mol. The molecule has 0 aliphatic carbocycles. The Balaban J connectivity index is 2.10. The van der Waals surface area contributed by atoms with Crippen molar-refractivity contribution in [2.75, 3.05) is 19.6 Å². The van der Waals surface area contributed by atoms with Crippen LogP contribution in [0.4, 0.5) is 13.2 Å². The SMILES string of the molecule is CC1CNCC1C(=O)N(Cc1ccco1)CC(F)(F)F. The van der Waals surface area contributed by atoms with Crippen molar-refractivity contribution in [2.45, 2.75) is 19.6 Å². The molecule has 0 spiro atoms. The number of carbonyl (C=O) groups excluding carboxylic acids is 1. The molecule has 2 heterocycles. The topological polar surface area (TPSA) is 45.5 Å². The van der Waals surface area contributed by atoms with Crippen molar-refractivity contribution in [1.29, 1.82) is 0 Å². The van der Waals surface area contributed by atoms with Gasteiger partial charge in [-0.15, -0.1) is 0 Å². The minimum atomic E-state index is -4.42.